The Morgan fingerprint density at radius 1 is 1.38 bits per heavy atom. The summed E-state index contributed by atoms with van der Waals surface area (Å²) >= 11 is 0. The fourth-order valence-electron chi connectivity index (χ4n) is 1.09. The third kappa shape index (κ3) is 1.87. The molecule has 1 aromatic rings. The number of hydrogen-bond acceptors (Lipinski definition) is 3. The standard InChI is InChI=1S/C10H12O3/c1-6-3-8(10(13)5-11)4-9(12)7(6)2/h3-4,11-12H,5H2,1-2H3. The summed E-state index contributed by atoms with van der Waals surface area (Å²) in [5, 5.41) is 18.0. The smallest absolute Gasteiger partial charge is 0.188 e. The van der Waals surface area contributed by atoms with Crippen LogP contribution in [0.5, 0.6) is 5.75 Å². The molecule has 0 radical (unpaired) electrons. The monoisotopic (exact) mass is 180 g/mol. The molecule has 0 aliphatic rings. The Bertz CT molecular complexity index is 319. The van der Waals surface area contributed by atoms with Crippen molar-refractivity contribution in [1.29, 1.82) is 0 Å². The highest BCUT2D eigenvalue weighted by molar-refractivity contribution is 5.97. The van der Waals surface area contributed by atoms with E-state index >= 15 is 0 Å². The zero-order valence-corrected chi connectivity index (χ0v) is 7.66. The summed E-state index contributed by atoms with van der Waals surface area (Å²) in [6.45, 7) is 3.06. The maximum Gasteiger partial charge on any atom is 0.188 e. The zero-order chi connectivity index (χ0) is 10.0. The Labute approximate surface area is 76.6 Å². The molecular weight excluding hydrogens is 168 g/mol. The number of aliphatic hydroxyl groups excluding tert-OH is 1. The number of rotatable bonds is 2. The molecule has 70 valence electrons. The highest BCUT2D eigenvalue weighted by atomic mass is 16.3. The van der Waals surface area contributed by atoms with Crippen molar-refractivity contribution >= 4 is 5.78 Å². The van der Waals surface area contributed by atoms with E-state index in [0.29, 0.717) is 5.56 Å². The molecule has 0 aliphatic heterocycles. The van der Waals surface area contributed by atoms with Crippen molar-refractivity contribution in [3.05, 3.63) is 28.8 Å². The molecule has 0 spiro atoms. The molecule has 0 unspecified atom stereocenters. The number of ketones is 1. The van der Waals surface area contributed by atoms with Crippen molar-refractivity contribution in [3.63, 3.8) is 0 Å². The Morgan fingerprint density at radius 3 is 2.46 bits per heavy atom. The van der Waals surface area contributed by atoms with Crippen LogP contribution < -0.4 is 0 Å². The fraction of sp³-hybridized carbons (Fsp3) is 0.300. The van der Waals surface area contributed by atoms with E-state index in [1.54, 1.807) is 13.0 Å². The van der Waals surface area contributed by atoms with E-state index in [1.165, 1.54) is 6.07 Å². The van der Waals surface area contributed by atoms with Crippen LogP contribution in [0, 0.1) is 13.8 Å². The van der Waals surface area contributed by atoms with Crippen molar-refractivity contribution in [3.8, 4) is 5.75 Å². The van der Waals surface area contributed by atoms with Gasteiger partial charge in [0.2, 0.25) is 0 Å². The summed E-state index contributed by atoms with van der Waals surface area (Å²) in [6.07, 6.45) is 0. The molecule has 3 nitrogen and oxygen atoms in total. The van der Waals surface area contributed by atoms with Gasteiger partial charge in [-0.2, -0.15) is 0 Å². The Hall–Kier alpha value is -1.35. The first kappa shape index (κ1) is 9.74. The van der Waals surface area contributed by atoms with Gasteiger partial charge < -0.3 is 10.2 Å². The molecule has 0 bridgehead atoms. The zero-order valence-electron chi connectivity index (χ0n) is 7.66. The molecule has 0 atom stereocenters. The van der Waals surface area contributed by atoms with Crippen LogP contribution in [0.4, 0.5) is 0 Å². The van der Waals surface area contributed by atoms with Crippen LogP contribution in [0.15, 0.2) is 12.1 Å². The van der Waals surface area contributed by atoms with Gasteiger partial charge in [-0.3, -0.25) is 4.79 Å². The summed E-state index contributed by atoms with van der Waals surface area (Å²) in [5.74, 6) is -0.282. The number of aliphatic hydroxyl groups is 1. The average molecular weight is 180 g/mol. The predicted octanol–water partition coefficient (Wildman–Crippen LogP) is 1.18. The molecule has 0 fully saturated rings. The van der Waals surface area contributed by atoms with E-state index in [4.69, 9.17) is 5.11 Å². The lowest BCUT2D eigenvalue weighted by atomic mass is 10.0. The summed E-state index contributed by atoms with van der Waals surface area (Å²) in [7, 11) is 0. The Kier molecular flexibility index (Phi) is 2.68. The molecule has 0 aliphatic carbocycles. The second-order valence-corrected chi connectivity index (χ2v) is 3.02. The normalized spacial score (nSPS) is 10.1. The third-order valence-electron chi connectivity index (χ3n) is 2.11. The topological polar surface area (TPSA) is 57.5 Å². The second kappa shape index (κ2) is 3.58. The number of carbonyl (C=O) groups is 1. The lowest BCUT2D eigenvalue weighted by Gasteiger charge is -2.05. The van der Waals surface area contributed by atoms with E-state index in [9.17, 15) is 9.90 Å². The van der Waals surface area contributed by atoms with Gasteiger partial charge in [0.15, 0.2) is 5.78 Å². The highest BCUT2D eigenvalue weighted by Gasteiger charge is 2.08. The first-order valence-electron chi connectivity index (χ1n) is 4.00. The molecule has 0 amide bonds. The Morgan fingerprint density at radius 2 is 2.00 bits per heavy atom. The predicted molar refractivity (Wildman–Crippen MR) is 49.0 cm³/mol. The van der Waals surface area contributed by atoms with E-state index in [0.717, 1.165) is 11.1 Å². The van der Waals surface area contributed by atoms with Gasteiger partial charge >= 0.3 is 0 Å². The van der Waals surface area contributed by atoms with Gasteiger partial charge in [0.25, 0.3) is 0 Å². The molecule has 0 aromatic heterocycles. The molecule has 0 saturated heterocycles. The number of aryl methyl sites for hydroxylation is 1. The number of phenolic OH excluding ortho intramolecular Hbond substituents is 1. The maximum absolute atomic E-state index is 11.1. The molecule has 0 saturated carbocycles. The minimum absolute atomic E-state index is 0.0943. The lowest BCUT2D eigenvalue weighted by Crippen LogP contribution is -2.04. The molecule has 13 heavy (non-hydrogen) atoms. The van der Waals surface area contributed by atoms with Gasteiger partial charge in [-0.25, -0.2) is 0 Å². The third-order valence-corrected chi connectivity index (χ3v) is 2.11. The molecule has 3 heteroatoms. The molecule has 2 N–H and O–H groups in total. The van der Waals surface area contributed by atoms with Crippen LogP contribution in [-0.2, 0) is 0 Å². The van der Waals surface area contributed by atoms with Gasteiger partial charge in [-0.05, 0) is 37.1 Å². The molecule has 1 rings (SSSR count). The number of Topliss-reactive ketones (excluding diaryl/α,β-unsaturated/α-hetero) is 1. The first-order chi connectivity index (χ1) is 6.06. The van der Waals surface area contributed by atoms with Crippen LogP contribution in [0.2, 0.25) is 0 Å². The van der Waals surface area contributed by atoms with Crippen molar-refractivity contribution in [2.75, 3.05) is 6.61 Å². The van der Waals surface area contributed by atoms with Crippen LogP contribution in [0.25, 0.3) is 0 Å². The van der Waals surface area contributed by atoms with Crippen LogP contribution in [0.3, 0.4) is 0 Å². The largest absolute Gasteiger partial charge is 0.508 e. The number of carbonyl (C=O) groups excluding carboxylic acids is 1. The average Bonchev–Trinajstić information content (AvgIpc) is 2.12. The van der Waals surface area contributed by atoms with Crippen molar-refractivity contribution in [2.45, 2.75) is 13.8 Å². The van der Waals surface area contributed by atoms with Crippen LogP contribution in [0.1, 0.15) is 21.5 Å². The molecule has 1 aromatic carbocycles. The van der Waals surface area contributed by atoms with E-state index in [1.807, 2.05) is 6.92 Å². The quantitative estimate of drug-likeness (QED) is 0.672. The minimum atomic E-state index is -0.526. The van der Waals surface area contributed by atoms with Crippen molar-refractivity contribution in [2.24, 2.45) is 0 Å². The fourth-order valence-corrected chi connectivity index (χ4v) is 1.09. The van der Waals surface area contributed by atoms with Crippen LogP contribution >= 0.6 is 0 Å². The maximum atomic E-state index is 11.1. The van der Waals surface area contributed by atoms with E-state index in [2.05, 4.69) is 0 Å². The van der Waals surface area contributed by atoms with Gasteiger partial charge in [-0.15, -0.1) is 0 Å². The van der Waals surface area contributed by atoms with Gasteiger partial charge in [0.1, 0.15) is 12.4 Å². The number of hydrogen-bond donors (Lipinski definition) is 2. The number of benzene rings is 1. The number of phenols is 1. The summed E-state index contributed by atoms with van der Waals surface area (Å²) in [4.78, 5) is 11.1. The lowest BCUT2D eigenvalue weighted by molar-refractivity contribution is 0.0903. The highest BCUT2D eigenvalue weighted by Crippen LogP contribution is 2.21. The first-order valence-corrected chi connectivity index (χ1v) is 4.00. The van der Waals surface area contributed by atoms with Gasteiger partial charge in [-0.1, -0.05) is 0 Å². The van der Waals surface area contributed by atoms with Gasteiger partial charge in [0, 0.05) is 5.56 Å². The Balaban J connectivity index is 3.20. The van der Waals surface area contributed by atoms with Crippen molar-refractivity contribution in [1.82, 2.24) is 0 Å². The van der Waals surface area contributed by atoms with E-state index < -0.39 is 6.61 Å². The molecular formula is C10H12O3. The minimum Gasteiger partial charge on any atom is -0.508 e. The summed E-state index contributed by atoms with van der Waals surface area (Å²) in [5.41, 5.74) is 1.95. The summed E-state index contributed by atoms with van der Waals surface area (Å²) < 4.78 is 0. The van der Waals surface area contributed by atoms with E-state index in [-0.39, 0.29) is 11.5 Å². The second-order valence-electron chi connectivity index (χ2n) is 3.02. The number of aromatic hydroxyl groups is 1. The molecule has 0 heterocycles. The SMILES string of the molecule is Cc1cc(C(=O)CO)cc(O)c1C. The van der Waals surface area contributed by atoms with Crippen LogP contribution in [-0.4, -0.2) is 22.6 Å². The van der Waals surface area contributed by atoms with Crippen molar-refractivity contribution < 1.29 is 15.0 Å². The van der Waals surface area contributed by atoms with Gasteiger partial charge in [0.05, 0.1) is 0 Å². The summed E-state index contributed by atoms with van der Waals surface area (Å²) in [6, 6.07) is 3.04.